The van der Waals surface area contributed by atoms with Gasteiger partial charge in [-0.3, -0.25) is 4.79 Å². The van der Waals surface area contributed by atoms with Gasteiger partial charge < -0.3 is 5.32 Å². The molecule has 19 heavy (non-hydrogen) atoms. The van der Waals surface area contributed by atoms with Crippen LogP contribution < -0.4 is 5.32 Å². The molecule has 1 aromatic carbocycles. The molecule has 1 unspecified atom stereocenters. The van der Waals surface area contributed by atoms with Crippen molar-refractivity contribution in [3.05, 3.63) is 29.8 Å². The molecule has 1 atom stereocenters. The van der Waals surface area contributed by atoms with Gasteiger partial charge in [0.05, 0.1) is 11.0 Å². The lowest BCUT2D eigenvalue weighted by Gasteiger charge is -2.10. The van der Waals surface area contributed by atoms with Gasteiger partial charge in [0.2, 0.25) is 0 Å². The second-order valence-corrected chi connectivity index (χ2v) is 6.73. The van der Waals surface area contributed by atoms with Gasteiger partial charge in [-0.1, -0.05) is 0 Å². The van der Waals surface area contributed by atoms with Crippen LogP contribution >= 0.6 is 0 Å². The number of carbonyl (C=O) groups is 1. The standard InChI is InChI=1S/C13H14N2O3S/c1-19(17,18)11-6-4-10(5-7-11)13(16)15-12(8-14)9-2-3-9/h4-7,9,12H,2-3H2,1H3,(H,15,16). The largest absolute Gasteiger partial charge is 0.336 e. The molecular weight excluding hydrogens is 264 g/mol. The summed E-state index contributed by atoms with van der Waals surface area (Å²) in [6.45, 7) is 0. The van der Waals surface area contributed by atoms with E-state index >= 15 is 0 Å². The van der Waals surface area contributed by atoms with E-state index in [9.17, 15) is 13.2 Å². The van der Waals surface area contributed by atoms with Crippen LogP contribution in [0.15, 0.2) is 29.2 Å². The Balaban J connectivity index is 2.09. The lowest BCUT2D eigenvalue weighted by Crippen LogP contribution is -2.35. The number of rotatable bonds is 4. The first-order valence-electron chi connectivity index (χ1n) is 5.92. The number of carbonyl (C=O) groups excluding carboxylic acids is 1. The highest BCUT2D eigenvalue weighted by Gasteiger charge is 2.32. The summed E-state index contributed by atoms with van der Waals surface area (Å²) in [5.41, 5.74) is 0.355. The van der Waals surface area contributed by atoms with Gasteiger partial charge in [0.1, 0.15) is 6.04 Å². The second-order valence-electron chi connectivity index (χ2n) is 4.71. The van der Waals surface area contributed by atoms with E-state index in [-0.39, 0.29) is 16.7 Å². The Morgan fingerprint density at radius 3 is 2.37 bits per heavy atom. The fourth-order valence-electron chi connectivity index (χ4n) is 1.76. The number of benzene rings is 1. The summed E-state index contributed by atoms with van der Waals surface area (Å²) in [6, 6.07) is 7.30. The highest BCUT2D eigenvalue weighted by molar-refractivity contribution is 7.90. The first-order chi connectivity index (χ1) is 8.91. The molecule has 0 spiro atoms. The average molecular weight is 278 g/mol. The summed E-state index contributed by atoms with van der Waals surface area (Å²) in [4.78, 5) is 12.1. The Morgan fingerprint density at radius 2 is 1.95 bits per heavy atom. The van der Waals surface area contributed by atoms with E-state index in [0.717, 1.165) is 19.1 Å². The van der Waals surface area contributed by atoms with Crippen LogP contribution in [-0.4, -0.2) is 26.6 Å². The maximum atomic E-state index is 11.9. The molecule has 1 aliphatic rings. The number of nitriles is 1. The summed E-state index contributed by atoms with van der Waals surface area (Å²) >= 11 is 0. The van der Waals surface area contributed by atoms with Gasteiger partial charge in [0.15, 0.2) is 9.84 Å². The quantitative estimate of drug-likeness (QED) is 0.894. The summed E-state index contributed by atoms with van der Waals surface area (Å²) in [5.74, 6) is -0.0947. The van der Waals surface area contributed by atoms with Crippen molar-refractivity contribution < 1.29 is 13.2 Å². The van der Waals surface area contributed by atoms with Crippen molar-refractivity contribution in [1.82, 2.24) is 5.32 Å². The number of amides is 1. The molecule has 0 aliphatic heterocycles. The van der Waals surface area contributed by atoms with Crippen molar-refractivity contribution >= 4 is 15.7 Å². The highest BCUT2D eigenvalue weighted by Crippen LogP contribution is 2.32. The lowest BCUT2D eigenvalue weighted by atomic mass is 10.1. The van der Waals surface area contributed by atoms with Crippen LogP contribution in [0.5, 0.6) is 0 Å². The van der Waals surface area contributed by atoms with Gasteiger partial charge in [0.25, 0.3) is 5.91 Å². The minimum atomic E-state index is -3.26. The molecule has 2 rings (SSSR count). The second kappa shape index (κ2) is 5.02. The lowest BCUT2D eigenvalue weighted by molar-refractivity contribution is 0.0942. The third kappa shape index (κ3) is 3.32. The van der Waals surface area contributed by atoms with Gasteiger partial charge >= 0.3 is 0 Å². The molecule has 1 saturated carbocycles. The molecule has 0 heterocycles. The van der Waals surface area contributed by atoms with Crippen molar-refractivity contribution in [1.29, 1.82) is 5.26 Å². The van der Waals surface area contributed by atoms with Crippen molar-refractivity contribution in [3.63, 3.8) is 0 Å². The average Bonchev–Trinajstić information content (AvgIpc) is 3.19. The monoisotopic (exact) mass is 278 g/mol. The van der Waals surface area contributed by atoms with E-state index in [0.29, 0.717) is 5.56 Å². The Labute approximate surface area is 112 Å². The summed E-state index contributed by atoms with van der Waals surface area (Å²) in [6.07, 6.45) is 3.04. The van der Waals surface area contributed by atoms with Gasteiger partial charge in [-0.05, 0) is 43.0 Å². The predicted octanol–water partition coefficient (Wildman–Crippen LogP) is 1.12. The molecule has 6 heteroatoms. The SMILES string of the molecule is CS(=O)(=O)c1ccc(C(=O)NC(C#N)C2CC2)cc1. The van der Waals surface area contributed by atoms with Crippen LogP contribution in [0.3, 0.4) is 0 Å². The minimum absolute atomic E-state index is 0.170. The van der Waals surface area contributed by atoms with Gasteiger partial charge in [-0.15, -0.1) is 0 Å². The number of hydrogen-bond acceptors (Lipinski definition) is 4. The normalized spacial score (nSPS) is 16.4. The molecule has 5 nitrogen and oxygen atoms in total. The molecule has 0 saturated heterocycles. The van der Waals surface area contributed by atoms with Crippen LogP contribution in [-0.2, 0) is 9.84 Å². The smallest absolute Gasteiger partial charge is 0.252 e. The predicted molar refractivity (Wildman–Crippen MR) is 69.1 cm³/mol. The summed E-state index contributed by atoms with van der Waals surface area (Å²) in [5, 5.41) is 11.6. The fraction of sp³-hybridized carbons (Fsp3) is 0.385. The highest BCUT2D eigenvalue weighted by atomic mass is 32.2. The number of hydrogen-bond donors (Lipinski definition) is 1. The molecule has 0 radical (unpaired) electrons. The van der Waals surface area contributed by atoms with Crippen LogP contribution in [0.4, 0.5) is 0 Å². The Kier molecular flexibility index (Phi) is 3.58. The Bertz CT molecular complexity index is 625. The Hall–Kier alpha value is -1.87. The number of nitrogens with zero attached hydrogens (tertiary/aromatic N) is 1. The van der Waals surface area contributed by atoms with Crippen LogP contribution in [0, 0.1) is 17.2 Å². The van der Waals surface area contributed by atoms with Gasteiger partial charge in [-0.2, -0.15) is 5.26 Å². The van der Waals surface area contributed by atoms with E-state index in [1.165, 1.54) is 24.3 Å². The topological polar surface area (TPSA) is 87.0 Å². The van der Waals surface area contributed by atoms with E-state index in [1.807, 2.05) is 0 Å². The molecule has 0 bridgehead atoms. The summed E-state index contributed by atoms with van der Waals surface area (Å²) in [7, 11) is -3.26. The van der Waals surface area contributed by atoms with E-state index in [4.69, 9.17) is 5.26 Å². The van der Waals surface area contributed by atoms with Crippen molar-refractivity contribution in [3.8, 4) is 6.07 Å². The minimum Gasteiger partial charge on any atom is -0.336 e. The zero-order chi connectivity index (χ0) is 14.0. The van der Waals surface area contributed by atoms with E-state index < -0.39 is 15.9 Å². The third-order valence-corrected chi connectivity index (χ3v) is 4.19. The maximum Gasteiger partial charge on any atom is 0.252 e. The molecule has 1 aromatic rings. The van der Waals surface area contributed by atoms with Crippen LogP contribution in [0.2, 0.25) is 0 Å². The zero-order valence-corrected chi connectivity index (χ0v) is 11.3. The van der Waals surface area contributed by atoms with E-state index in [2.05, 4.69) is 11.4 Å². The summed E-state index contributed by atoms with van der Waals surface area (Å²) < 4.78 is 22.6. The third-order valence-electron chi connectivity index (χ3n) is 3.06. The van der Waals surface area contributed by atoms with E-state index in [1.54, 1.807) is 0 Å². The first kappa shape index (κ1) is 13.6. The fourth-order valence-corrected chi connectivity index (χ4v) is 2.39. The molecule has 0 aromatic heterocycles. The zero-order valence-electron chi connectivity index (χ0n) is 10.5. The number of nitrogens with one attached hydrogen (secondary N) is 1. The first-order valence-corrected chi connectivity index (χ1v) is 7.81. The molecule has 1 fully saturated rings. The van der Waals surface area contributed by atoms with Crippen LogP contribution in [0.1, 0.15) is 23.2 Å². The van der Waals surface area contributed by atoms with Gasteiger partial charge in [0, 0.05) is 11.8 Å². The van der Waals surface area contributed by atoms with Crippen molar-refractivity contribution in [2.24, 2.45) is 5.92 Å². The van der Waals surface area contributed by atoms with Crippen molar-refractivity contribution in [2.75, 3.05) is 6.26 Å². The molecule has 1 N–H and O–H groups in total. The Morgan fingerprint density at radius 1 is 1.37 bits per heavy atom. The van der Waals surface area contributed by atoms with Crippen LogP contribution in [0.25, 0.3) is 0 Å². The molecule has 100 valence electrons. The van der Waals surface area contributed by atoms with Crippen molar-refractivity contribution in [2.45, 2.75) is 23.8 Å². The van der Waals surface area contributed by atoms with Gasteiger partial charge in [-0.25, -0.2) is 8.42 Å². The molecular formula is C13H14N2O3S. The molecule has 1 amide bonds. The number of sulfone groups is 1. The maximum absolute atomic E-state index is 11.9. The molecule has 1 aliphatic carbocycles.